The maximum atomic E-state index is 12.2. The van der Waals surface area contributed by atoms with Crippen molar-refractivity contribution < 1.29 is 9.21 Å². The van der Waals surface area contributed by atoms with Crippen molar-refractivity contribution in [1.29, 1.82) is 0 Å². The van der Waals surface area contributed by atoms with Crippen LogP contribution in [0, 0.1) is 0 Å². The highest BCUT2D eigenvalue weighted by Gasteiger charge is 2.28. The van der Waals surface area contributed by atoms with Crippen molar-refractivity contribution in [2.24, 2.45) is 0 Å². The van der Waals surface area contributed by atoms with E-state index in [2.05, 4.69) is 39.5 Å². The largest absolute Gasteiger partial charge is 0.467 e. The summed E-state index contributed by atoms with van der Waals surface area (Å²) in [6.45, 7) is 2.48. The monoisotopic (exact) mass is 334 g/mol. The Balaban J connectivity index is 1.49. The topological polar surface area (TPSA) is 71.3 Å². The van der Waals surface area contributed by atoms with Crippen molar-refractivity contribution in [3.8, 4) is 0 Å². The Morgan fingerprint density at radius 2 is 2.08 bits per heavy atom. The molecule has 6 nitrogen and oxygen atoms in total. The fraction of sp³-hybridized carbons (Fsp3) is 0.211. The number of carbonyl (C=O) groups is 1. The van der Waals surface area contributed by atoms with Crippen molar-refractivity contribution in [1.82, 2.24) is 15.5 Å². The van der Waals surface area contributed by atoms with E-state index in [1.165, 1.54) is 5.56 Å². The lowest BCUT2D eigenvalue weighted by molar-refractivity contribution is 0.0942. The molecule has 0 saturated carbocycles. The molecule has 4 rings (SSSR count). The maximum Gasteiger partial charge on any atom is 0.272 e. The van der Waals surface area contributed by atoms with Crippen LogP contribution < -0.4 is 10.2 Å². The Bertz CT molecular complexity index is 875. The first-order chi connectivity index (χ1) is 12.2. The maximum absolute atomic E-state index is 12.2. The molecule has 1 aliphatic rings. The molecule has 0 bridgehead atoms. The second kappa shape index (κ2) is 6.39. The Morgan fingerprint density at radius 3 is 2.84 bits per heavy atom. The van der Waals surface area contributed by atoms with Crippen LogP contribution in [-0.4, -0.2) is 22.1 Å². The van der Waals surface area contributed by atoms with Crippen molar-refractivity contribution in [3.05, 3.63) is 71.8 Å². The first kappa shape index (κ1) is 15.4. The fourth-order valence-corrected chi connectivity index (χ4v) is 3.16. The van der Waals surface area contributed by atoms with Gasteiger partial charge < -0.3 is 14.6 Å². The van der Waals surface area contributed by atoms with E-state index in [1.54, 1.807) is 24.5 Å². The van der Waals surface area contributed by atoms with Crippen LogP contribution in [0.4, 0.5) is 11.5 Å². The van der Waals surface area contributed by atoms with Gasteiger partial charge in [0.25, 0.3) is 5.91 Å². The molecule has 1 atom stereocenters. The number of nitrogens with one attached hydrogen (secondary N) is 1. The lowest BCUT2D eigenvalue weighted by atomic mass is 10.1. The number of rotatable bonds is 4. The van der Waals surface area contributed by atoms with Gasteiger partial charge in [-0.1, -0.05) is 18.2 Å². The van der Waals surface area contributed by atoms with Gasteiger partial charge in [-0.05, 0) is 49.2 Å². The number of aromatic nitrogens is 2. The minimum atomic E-state index is -0.273. The molecule has 0 radical (unpaired) electrons. The predicted molar refractivity (Wildman–Crippen MR) is 93.7 cm³/mol. The number of furan rings is 1. The van der Waals surface area contributed by atoms with Gasteiger partial charge in [-0.2, -0.15) is 0 Å². The summed E-state index contributed by atoms with van der Waals surface area (Å²) in [5.74, 6) is 1.17. The predicted octanol–water partition coefficient (Wildman–Crippen LogP) is 3.08. The molecule has 0 saturated heterocycles. The van der Waals surface area contributed by atoms with Crippen LogP contribution in [0.5, 0.6) is 0 Å². The van der Waals surface area contributed by atoms with Crippen LogP contribution >= 0.6 is 0 Å². The average Bonchev–Trinajstić information content (AvgIpc) is 3.26. The Labute approximate surface area is 145 Å². The zero-order valence-corrected chi connectivity index (χ0v) is 13.8. The van der Waals surface area contributed by atoms with Crippen LogP contribution in [0.1, 0.15) is 28.7 Å². The van der Waals surface area contributed by atoms with Gasteiger partial charge in [0.15, 0.2) is 11.5 Å². The van der Waals surface area contributed by atoms with Crippen molar-refractivity contribution >= 4 is 17.4 Å². The lowest BCUT2D eigenvalue weighted by Gasteiger charge is -2.23. The van der Waals surface area contributed by atoms with E-state index in [1.807, 2.05) is 18.2 Å². The molecule has 1 aromatic carbocycles. The molecular weight excluding hydrogens is 316 g/mol. The summed E-state index contributed by atoms with van der Waals surface area (Å²) in [4.78, 5) is 14.3. The molecule has 6 heteroatoms. The standard InChI is InChI=1S/C19H18N4O2/c1-13-11-14-5-2-3-7-17(14)23(13)18-9-8-16(21-22-18)19(24)20-12-15-6-4-10-25-15/h2-10,13H,11-12H2,1H3,(H,20,24). The van der Waals surface area contributed by atoms with E-state index in [-0.39, 0.29) is 11.6 Å². The van der Waals surface area contributed by atoms with E-state index < -0.39 is 0 Å². The molecule has 1 aliphatic heterocycles. The molecule has 1 unspecified atom stereocenters. The second-order valence-electron chi connectivity index (χ2n) is 6.09. The third-order valence-corrected chi connectivity index (χ3v) is 4.34. The van der Waals surface area contributed by atoms with Crippen LogP contribution in [0.25, 0.3) is 0 Å². The Hall–Kier alpha value is -3.15. The molecule has 126 valence electrons. The number of nitrogens with zero attached hydrogens (tertiary/aromatic N) is 3. The van der Waals surface area contributed by atoms with Crippen LogP contribution in [0.3, 0.4) is 0 Å². The molecule has 3 aromatic rings. The van der Waals surface area contributed by atoms with Crippen molar-refractivity contribution in [2.75, 3.05) is 4.90 Å². The quantitative estimate of drug-likeness (QED) is 0.794. The van der Waals surface area contributed by atoms with Gasteiger partial charge in [-0.3, -0.25) is 4.79 Å². The SMILES string of the molecule is CC1Cc2ccccc2N1c1ccc(C(=O)NCc2ccco2)nn1. The van der Waals surface area contributed by atoms with E-state index in [0.717, 1.165) is 17.9 Å². The molecule has 3 heterocycles. The average molecular weight is 334 g/mol. The van der Waals surface area contributed by atoms with Crippen LogP contribution in [-0.2, 0) is 13.0 Å². The van der Waals surface area contributed by atoms with Gasteiger partial charge >= 0.3 is 0 Å². The Kier molecular flexibility index (Phi) is 3.93. The number of benzene rings is 1. The summed E-state index contributed by atoms with van der Waals surface area (Å²) in [5, 5.41) is 11.1. The van der Waals surface area contributed by atoms with E-state index in [4.69, 9.17) is 4.42 Å². The van der Waals surface area contributed by atoms with Crippen molar-refractivity contribution in [3.63, 3.8) is 0 Å². The van der Waals surface area contributed by atoms with Gasteiger partial charge in [0.1, 0.15) is 5.76 Å². The second-order valence-corrected chi connectivity index (χ2v) is 6.09. The summed E-state index contributed by atoms with van der Waals surface area (Å²) >= 11 is 0. The molecule has 0 fully saturated rings. The van der Waals surface area contributed by atoms with Gasteiger partial charge in [0.05, 0.1) is 12.8 Å². The van der Waals surface area contributed by atoms with Gasteiger partial charge in [-0.25, -0.2) is 0 Å². The number of amides is 1. The smallest absolute Gasteiger partial charge is 0.272 e. The summed E-state index contributed by atoms with van der Waals surface area (Å²) < 4.78 is 5.19. The fourth-order valence-electron chi connectivity index (χ4n) is 3.16. The number of hydrogen-bond acceptors (Lipinski definition) is 5. The number of anilines is 2. The van der Waals surface area contributed by atoms with Gasteiger partial charge in [0, 0.05) is 11.7 Å². The highest BCUT2D eigenvalue weighted by molar-refractivity contribution is 5.92. The number of hydrogen-bond donors (Lipinski definition) is 1. The molecule has 0 spiro atoms. The minimum Gasteiger partial charge on any atom is -0.467 e. The lowest BCUT2D eigenvalue weighted by Crippen LogP contribution is -2.27. The van der Waals surface area contributed by atoms with Crippen LogP contribution in [0.15, 0.2) is 59.2 Å². The van der Waals surface area contributed by atoms with Crippen molar-refractivity contribution in [2.45, 2.75) is 25.9 Å². The number of para-hydroxylation sites is 1. The summed E-state index contributed by atoms with van der Waals surface area (Å²) in [6.07, 6.45) is 2.55. The highest BCUT2D eigenvalue weighted by Crippen LogP contribution is 2.36. The van der Waals surface area contributed by atoms with Gasteiger partial charge in [0.2, 0.25) is 0 Å². The Morgan fingerprint density at radius 1 is 1.20 bits per heavy atom. The summed E-state index contributed by atoms with van der Waals surface area (Å²) in [7, 11) is 0. The normalized spacial score (nSPS) is 15.9. The molecular formula is C19H18N4O2. The van der Waals surface area contributed by atoms with E-state index in [0.29, 0.717) is 18.3 Å². The molecule has 1 amide bonds. The zero-order chi connectivity index (χ0) is 17.2. The van der Waals surface area contributed by atoms with Gasteiger partial charge in [-0.15, -0.1) is 10.2 Å². The summed E-state index contributed by atoms with van der Waals surface area (Å²) in [5.41, 5.74) is 2.74. The first-order valence-electron chi connectivity index (χ1n) is 8.24. The molecule has 1 N–H and O–H groups in total. The zero-order valence-electron chi connectivity index (χ0n) is 13.8. The molecule has 2 aromatic heterocycles. The first-order valence-corrected chi connectivity index (χ1v) is 8.24. The molecule has 0 aliphatic carbocycles. The number of carbonyl (C=O) groups excluding carboxylic acids is 1. The third kappa shape index (κ3) is 2.98. The highest BCUT2D eigenvalue weighted by atomic mass is 16.3. The summed E-state index contributed by atoms with van der Waals surface area (Å²) in [6, 6.07) is 15.7. The van der Waals surface area contributed by atoms with Crippen LogP contribution in [0.2, 0.25) is 0 Å². The van der Waals surface area contributed by atoms with E-state index in [9.17, 15) is 4.79 Å². The molecule has 25 heavy (non-hydrogen) atoms. The third-order valence-electron chi connectivity index (χ3n) is 4.34. The minimum absolute atomic E-state index is 0.273. The number of fused-ring (bicyclic) bond motifs is 1. The van der Waals surface area contributed by atoms with E-state index >= 15 is 0 Å².